The minimum absolute atomic E-state index is 0.517. The van der Waals surface area contributed by atoms with Crippen molar-refractivity contribution in [1.82, 2.24) is 10.2 Å². The summed E-state index contributed by atoms with van der Waals surface area (Å²) in [7, 11) is 2.33. The van der Waals surface area contributed by atoms with Crippen LogP contribution in [-0.2, 0) is 0 Å². The number of rotatable bonds is 9. The third kappa shape index (κ3) is 5.73. The summed E-state index contributed by atoms with van der Waals surface area (Å²) in [6.07, 6.45) is 9.54. The highest BCUT2D eigenvalue weighted by atomic mass is 15.1. The molecule has 0 spiro atoms. The van der Waals surface area contributed by atoms with Gasteiger partial charge in [-0.3, -0.25) is 0 Å². The zero-order valence-electron chi connectivity index (χ0n) is 14.7. The van der Waals surface area contributed by atoms with Gasteiger partial charge in [-0.25, -0.2) is 0 Å². The monoisotopic (exact) mass is 282 g/mol. The molecule has 0 aromatic rings. The van der Waals surface area contributed by atoms with Crippen molar-refractivity contribution in [2.45, 2.75) is 78.7 Å². The smallest absolute Gasteiger partial charge is 0.00640 e. The van der Waals surface area contributed by atoms with E-state index in [4.69, 9.17) is 0 Å². The lowest BCUT2D eigenvalue weighted by Crippen LogP contribution is -2.47. The first-order valence-corrected chi connectivity index (χ1v) is 8.94. The fraction of sp³-hybridized carbons (Fsp3) is 1.00. The van der Waals surface area contributed by atoms with E-state index in [2.05, 4.69) is 45.0 Å². The van der Waals surface area contributed by atoms with Gasteiger partial charge in [-0.2, -0.15) is 0 Å². The van der Waals surface area contributed by atoms with Gasteiger partial charge in [0.1, 0.15) is 0 Å². The first kappa shape index (κ1) is 18.0. The quantitative estimate of drug-likeness (QED) is 0.634. The highest BCUT2D eigenvalue weighted by molar-refractivity contribution is 4.90. The lowest BCUT2D eigenvalue weighted by Gasteiger charge is -2.44. The van der Waals surface area contributed by atoms with Gasteiger partial charge in [-0.1, -0.05) is 40.0 Å². The molecule has 3 unspecified atom stereocenters. The van der Waals surface area contributed by atoms with E-state index in [0.29, 0.717) is 5.41 Å². The molecule has 0 amide bonds. The SMILES string of the molecule is CCCNCC1(CN(C)C(C)CCC)CCCC(C)C1. The molecule has 0 aliphatic heterocycles. The summed E-state index contributed by atoms with van der Waals surface area (Å²) < 4.78 is 0. The molecule has 3 atom stereocenters. The maximum absolute atomic E-state index is 3.72. The van der Waals surface area contributed by atoms with Crippen LogP contribution in [0.15, 0.2) is 0 Å². The summed E-state index contributed by atoms with van der Waals surface area (Å²) in [5, 5.41) is 3.72. The van der Waals surface area contributed by atoms with Crippen LogP contribution in [0.1, 0.15) is 72.6 Å². The summed E-state index contributed by atoms with van der Waals surface area (Å²) in [5.74, 6) is 0.905. The van der Waals surface area contributed by atoms with Crippen LogP contribution in [0, 0.1) is 11.3 Å². The van der Waals surface area contributed by atoms with Crippen molar-refractivity contribution in [2.24, 2.45) is 11.3 Å². The summed E-state index contributed by atoms with van der Waals surface area (Å²) in [6.45, 7) is 13.1. The van der Waals surface area contributed by atoms with Crippen molar-refractivity contribution in [1.29, 1.82) is 0 Å². The molecule has 20 heavy (non-hydrogen) atoms. The Hall–Kier alpha value is -0.0800. The molecule has 1 saturated carbocycles. The van der Waals surface area contributed by atoms with Crippen LogP contribution in [0.4, 0.5) is 0 Å². The molecule has 120 valence electrons. The van der Waals surface area contributed by atoms with Gasteiger partial charge in [-0.15, -0.1) is 0 Å². The van der Waals surface area contributed by atoms with Gasteiger partial charge in [0.05, 0.1) is 0 Å². The van der Waals surface area contributed by atoms with Crippen LogP contribution in [0.5, 0.6) is 0 Å². The molecule has 1 fully saturated rings. The Morgan fingerprint density at radius 1 is 1.30 bits per heavy atom. The van der Waals surface area contributed by atoms with Crippen LogP contribution in [0.25, 0.3) is 0 Å². The zero-order chi connectivity index (χ0) is 15.0. The Kier molecular flexibility index (Phi) is 8.13. The molecular weight excluding hydrogens is 244 g/mol. The third-order valence-electron chi connectivity index (χ3n) is 5.16. The molecule has 0 heterocycles. The first-order valence-electron chi connectivity index (χ1n) is 8.94. The van der Waals surface area contributed by atoms with E-state index in [1.807, 2.05) is 0 Å². The Bertz CT molecular complexity index is 254. The Morgan fingerprint density at radius 2 is 2.05 bits per heavy atom. The number of nitrogens with zero attached hydrogens (tertiary/aromatic N) is 1. The van der Waals surface area contributed by atoms with Crippen molar-refractivity contribution in [3.05, 3.63) is 0 Å². The topological polar surface area (TPSA) is 15.3 Å². The first-order chi connectivity index (χ1) is 9.53. The summed E-state index contributed by atoms with van der Waals surface area (Å²) in [6, 6.07) is 0.722. The summed E-state index contributed by atoms with van der Waals surface area (Å²) in [5.41, 5.74) is 0.517. The van der Waals surface area contributed by atoms with Crippen LogP contribution >= 0.6 is 0 Å². The van der Waals surface area contributed by atoms with Gasteiger partial charge in [-0.05, 0) is 57.5 Å². The zero-order valence-corrected chi connectivity index (χ0v) is 14.7. The molecule has 0 radical (unpaired) electrons. The Morgan fingerprint density at radius 3 is 2.65 bits per heavy atom. The van der Waals surface area contributed by atoms with Crippen molar-refractivity contribution in [2.75, 3.05) is 26.7 Å². The molecule has 1 aliphatic rings. The van der Waals surface area contributed by atoms with E-state index >= 15 is 0 Å². The fourth-order valence-corrected chi connectivity index (χ4v) is 3.98. The second-order valence-electron chi connectivity index (χ2n) is 7.43. The van der Waals surface area contributed by atoms with Gasteiger partial charge in [0, 0.05) is 19.1 Å². The Labute approximate surface area is 127 Å². The molecule has 0 aromatic carbocycles. The second kappa shape index (κ2) is 9.04. The fourth-order valence-electron chi connectivity index (χ4n) is 3.98. The molecule has 0 bridgehead atoms. The van der Waals surface area contributed by atoms with E-state index in [-0.39, 0.29) is 0 Å². The predicted octanol–water partition coefficient (Wildman–Crippen LogP) is 4.30. The Balaban J connectivity index is 2.61. The van der Waals surface area contributed by atoms with Crippen molar-refractivity contribution < 1.29 is 0 Å². The van der Waals surface area contributed by atoms with Crippen molar-refractivity contribution in [3.8, 4) is 0 Å². The van der Waals surface area contributed by atoms with Crippen LogP contribution in [-0.4, -0.2) is 37.6 Å². The molecule has 2 heteroatoms. The van der Waals surface area contributed by atoms with Gasteiger partial charge in [0.25, 0.3) is 0 Å². The highest BCUT2D eigenvalue weighted by Gasteiger charge is 2.36. The average molecular weight is 283 g/mol. The van der Waals surface area contributed by atoms with Crippen molar-refractivity contribution in [3.63, 3.8) is 0 Å². The number of hydrogen-bond acceptors (Lipinski definition) is 2. The van der Waals surface area contributed by atoms with E-state index in [9.17, 15) is 0 Å². The second-order valence-corrected chi connectivity index (χ2v) is 7.43. The third-order valence-corrected chi connectivity index (χ3v) is 5.16. The highest BCUT2D eigenvalue weighted by Crippen LogP contribution is 2.39. The average Bonchev–Trinajstić information content (AvgIpc) is 2.39. The minimum Gasteiger partial charge on any atom is -0.316 e. The normalized spacial score (nSPS) is 28.8. The molecule has 2 nitrogen and oxygen atoms in total. The van der Waals surface area contributed by atoms with Crippen molar-refractivity contribution >= 4 is 0 Å². The maximum atomic E-state index is 3.72. The van der Waals surface area contributed by atoms with E-state index < -0.39 is 0 Å². The number of hydrogen-bond donors (Lipinski definition) is 1. The predicted molar refractivity (Wildman–Crippen MR) is 90.2 cm³/mol. The maximum Gasteiger partial charge on any atom is 0.00640 e. The molecular formula is C18H38N2. The van der Waals surface area contributed by atoms with E-state index in [0.717, 1.165) is 12.0 Å². The van der Waals surface area contributed by atoms with E-state index in [1.165, 1.54) is 64.6 Å². The molecule has 1 rings (SSSR count). The molecule has 0 saturated heterocycles. The van der Waals surface area contributed by atoms with E-state index in [1.54, 1.807) is 0 Å². The van der Waals surface area contributed by atoms with Gasteiger partial charge in [0.15, 0.2) is 0 Å². The lowest BCUT2D eigenvalue weighted by atomic mass is 9.69. The standard InChI is InChI=1S/C18H38N2/c1-6-9-17(4)20(5)15-18(14-19-12-7-2)11-8-10-16(3)13-18/h16-17,19H,6-15H2,1-5H3. The summed E-state index contributed by atoms with van der Waals surface area (Å²) in [4.78, 5) is 2.62. The molecule has 1 aliphatic carbocycles. The van der Waals surface area contributed by atoms with Crippen LogP contribution in [0.2, 0.25) is 0 Å². The number of nitrogens with one attached hydrogen (secondary N) is 1. The van der Waals surface area contributed by atoms with Gasteiger partial charge < -0.3 is 10.2 Å². The largest absolute Gasteiger partial charge is 0.316 e. The lowest BCUT2D eigenvalue weighted by molar-refractivity contribution is 0.0740. The molecule has 0 aromatic heterocycles. The summed E-state index contributed by atoms with van der Waals surface area (Å²) >= 11 is 0. The van der Waals surface area contributed by atoms with Gasteiger partial charge in [0.2, 0.25) is 0 Å². The van der Waals surface area contributed by atoms with Gasteiger partial charge >= 0.3 is 0 Å². The molecule has 1 N–H and O–H groups in total. The van der Waals surface area contributed by atoms with Crippen LogP contribution in [0.3, 0.4) is 0 Å². The minimum atomic E-state index is 0.517. The van der Waals surface area contributed by atoms with Crippen LogP contribution < -0.4 is 5.32 Å².